The predicted octanol–water partition coefficient (Wildman–Crippen LogP) is 2.64. The van der Waals surface area contributed by atoms with Gasteiger partial charge in [-0.1, -0.05) is 13.0 Å². The molecule has 1 amide bonds. The molecule has 3 rings (SSSR count). The summed E-state index contributed by atoms with van der Waals surface area (Å²) in [7, 11) is 0. The molecule has 2 N–H and O–H groups in total. The average Bonchev–Trinajstić information content (AvgIpc) is 3.07. The van der Waals surface area contributed by atoms with Gasteiger partial charge in [0.2, 0.25) is 5.91 Å². The molecule has 0 bridgehead atoms. The van der Waals surface area contributed by atoms with Crippen molar-refractivity contribution in [3.63, 3.8) is 0 Å². The molecule has 2 atom stereocenters. The normalized spacial score (nSPS) is 25.7. The minimum Gasteiger partial charge on any atom is -0.385 e. The third-order valence-electron chi connectivity index (χ3n) is 3.80. The number of fused-ring (bicyclic) bond motifs is 1. The first-order chi connectivity index (χ1) is 8.25. The molecule has 17 heavy (non-hydrogen) atoms. The van der Waals surface area contributed by atoms with Crippen LogP contribution in [-0.4, -0.2) is 12.5 Å². The maximum absolute atomic E-state index is 11.9. The lowest BCUT2D eigenvalue weighted by molar-refractivity contribution is -0.117. The van der Waals surface area contributed by atoms with Crippen molar-refractivity contribution in [3.05, 3.63) is 23.8 Å². The van der Waals surface area contributed by atoms with Crippen LogP contribution in [0.4, 0.5) is 11.4 Å². The van der Waals surface area contributed by atoms with E-state index in [0.29, 0.717) is 5.92 Å². The summed E-state index contributed by atoms with van der Waals surface area (Å²) < 4.78 is 0. The molecular formula is C14H18N2O. The molecule has 1 aromatic rings. The molecule has 2 aliphatic rings. The summed E-state index contributed by atoms with van der Waals surface area (Å²) in [6, 6.07) is 6.10. The quantitative estimate of drug-likeness (QED) is 0.820. The number of carbonyl (C=O) groups excluding carboxylic acids is 1. The highest BCUT2D eigenvalue weighted by atomic mass is 16.2. The van der Waals surface area contributed by atoms with Crippen LogP contribution >= 0.6 is 0 Å². The maximum Gasteiger partial charge on any atom is 0.227 e. The van der Waals surface area contributed by atoms with Crippen molar-refractivity contribution in [1.29, 1.82) is 0 Å². The second-order valence-corrected chi connectivity index (χ2v) is 5.17. The van der Waals surface area contributed by atoms with Gasteiger partial charge in [0.1, 0.15) is 0 Å². The van der Waals surface area contributed by atoms with Crippen molar-refractivity contribution in [2.45, 2.75) is 26.2 Å². The van der Waals surface area contributed by atoms with E-state index >= 15 is 0 Å². The van der Waals surface area contributed by atoms with Gasteiger partial charge in [0.15, 0.2) is 0 Å². The molecule has 0 spiro atoms. The fraction of sp³-hybridized carbons (Fsp3) is 0.500. The van der Waals surface area contributed by atoms with E-state index in [4.69, 9.17) is 0 Å². The highest BCUT2D eigenvalue weighted by Crippen LogP contribution is 2.39. The van der Waals surface area contributed by atoms with Crippen molar-refractivity contribution < 1.29 is 4.79 Å². The first-order valence-corrected chi connectivity index (χ1v) is 6.42. The molecular weight excluding hydrogens is 212 g/mol. The highest BCUT2D eigenvalue weighted by Gasteiger charge is 2.39. The Morgan fingerprint density at radius 2 is 2.29 bits per heavy atom. The molecule has 1 heterocycles. The third kappa shape index (κ3) is 2.02. The molecule has 0 radical (unpaired) electrons. The number of benzene rings is 1. The lowest BCUT2D eigenvalue weighted by Gasteiger charge is -2.21. The van der Waals surface area contributed by atoms with Gasteiger partial charge in [0, 0.05) is 23.8 Å². The monoisotopic (exact) mass is 230 g/mol. The van der Waals surface area contributed by atoms with Gasteiger partial charge in [-0.05, 0) is 42.9 Å². The topological polar surface area (TPSA) is 41.1 Å². The SMILES string of the molecule is CC1CC1C(=O)Nc1cccc2c1CCCN2. The minimum atomic E-state index is 0.191. The highest BCUT2D eigenvalue weighted by molar-refractivity contribution is 5.95. The van der Waals surface area contributed by atoms with Gasteiger partial charge in [-0.25, -0.2) is 0 Å². The van der Waals surface area contributed by atoms with E-state index in [-0.39, 0.29) is 11.8 Å². The summed E-state index contributed by atoms with van der Waals surface area (Å²) in [4.78, 5) is 11.9. The maximum atomic E-state index is 11.9. The summed E-state index contributed by atoms with van der Waals surface area (Å²) >= 11 is 0. The van der Waals surface area contributed by atoms with Crippen LogP contribution in [0.15, 0.2) is 18.2 Å². The number of hydrogen-bond acceptors (Lipinski definition) is 2. The van der Waals surface area contributed by atoms with Gasteiger partial charge in [-0.3, -0.25) is 4.79 Å². The van der Waals surface area contributed by atoms with Gasteiger partial charge in [0.25, 0.3) is 0 Å². The Morgan fingerprint density at radius 3 is 3.06 bits per heavy atom. The lowest BCUT2D eigenvalue weighted by atomic mass is 10.0. The number of amides is 1. The van der Waals surface area contributed by atoms with Gasteiger partial charge >= 0.3 is 0 Å². The van der Waals surface area contributed by atoms with E-state index in [9.17, 15) is 4.79 Å². The summed E-state index contributed by atoms with van der Waals surface area (Å²) in [5.41, 5.74) is 3.44. The minimum absolute atomic E-state index is 0.191. The van der Waals surface area contributed by atoms with E-state index < -0.39 is 0 Å². The smallest absolute Gasteiger partial charge is 0.227 e. The van der Waals surface area contributed by atoms with Crippen LogP contribution in [0.5, 0.6) is 0 Å². The van der Waals surface area contributed by atoms with Crippen LogP contribution in [0.25, 0.3) is 0 Å². The largest absolute Gasteiger partial charge is 0.385 e. The predicted molar refractivity (Wildman–Crippen MR) is 69.2 cm³/mol. The zero-order chi connectivity index (χ0) is 11.8. The number of hydrogen-bond donors (Lipinski definition) is 2. The number of nitrogens with one attached hydrogen (secondary N) is 2. The Balaban J connectivity index is 1.80. The van der Waals surface area contributed by atoms with Crippen molar-refractivity contribution in [2.75, 3.05) is 17.2 Å². The van der Waals surface area contributed by atoms with Crippen LogP contribution in [0.2, 0.25) is 0 Å². The van der Waals surface area contributed by atoms with E-state index in [2.05, 4.69) is 23.6 Å². The Hall–Kier alpha value is -1.51. The summed E-state index contributed by atoms with van der Waals surface area (Å²) in [5.74, 6) is 0.992. The molecule has 1 aliphatic carbocycles. The first-order valence-electron chi connectivity index (χ1n) is 6.42. The number of anilines is 2. The van der Waals surface area contributed by atoms with Crippen LogP contribution < -0.4 is 10.6 Å². The van der Waals surface area contributed by atoms with E-state index in [1.54, 1.807) is 0 Å². The van der Waals surface area contributed by atoms with Crippen molar-refractivity contribution in [2.24, 2.45) is 11.8 Å². The zero-order valence-corrected chi connectivity index (χ0v) is 10.1. The van der Waals surface area contributed by atoms with Crippen molar-refractivity contribution >= 4 is 17.3 Å². The van der Waals surface area contributed by atoms with E-state index in [0.717, 1.165) is 31.5 Å². The van der Waals surface area contributed by atoms with Crippen molar-refractivity contribution in [1.82, 2.24) is 0 Å². The Kier molecular flexibility index (Phi) is 2.54. The zero-order valence-electron chi connectivity index (χ0n) is 10.1. The molecule has 90 valence electrons. The summed E-state index contributed by atoms with van der Waals surface area (Å²) in [5, 5.41) is 6.46. The molecule has 0 saturated heterocycles. The van der Waals surface area contributed by atoms with E-state index in [1.807, 2.05) is 12.1 Å². The fourth-order valence-corrected chi connectivity index (χ4v) is 2.54. The van der Waals surface area contributed by atoms with Crippen molar-refractivity contribution in [3.8, 4) is 0 Å². The average molecular weight is 230 g/mol. The molecule has 1 aromatic carbocycles. The summed E-state index contributed by atoms with van der Waals surface area (Å²) in [6.45, 7) is 3.16. The molecule has 1 fully saturated rings. The molecule has 3 heteroatoms. The Labute approximate surface area is 102 Å². The van der Waals surface area contributed by atoms with Crippen LogP contribution in [0.3, 0.4) is 0 Å². The van der Waals surface area contributed by atoms with Gasteiger partial charge in [0.05, 0.1) is 0 Å². The second-order valence-electron chi connectivity index (χ2n) is 5.17. The van der Waals surface area contributed by atoms with Crippen LogP contribution in [0.1, 0.15) is 25.3 Å². The number of carbonyl (C=O) groups is 1. The Morgan fingerprint density at radius 1 is 1.47 bits per heavy atom. The third-order valence-corrected chi connectivity index (χ3v) is 3.80. The first kappa shape index (κ1) is 10.6. The molecule has 1 aliphatic heterocycles. The van der Waals surface area contributed by atoms with Gasteiger partial charge in [-0.2, -0.15) is 0 Å². The molecule has 1 saturated carbocycles. The lowest BCUT2D eigenvalue weighted by Crippen LogP contribution is -2.18. The van der Waals surface area contributed by atoms with Gasteiger partial charge in [-0.15, -0.1) is 0 Å². The Bertz CT molecular complexity index is 456. The van der Waals surface area contributed by atoms with Crippen LogP contribution in [-0.2, 0) is 11.2 Å². The molecule has 0 aromatic heterocycles. The number of rotatable bonds is 2. The standard InChI is InChI=1S/C14H18N2O/c1-9-8-11(9)14(17)16-13-6-2-5-12-10(13)4-3-7-15-12/h2,5-6,9,11,15H,3-4,7-8H2,1H3,(H,16,17). The van der Waals surface area contributed by atoms with Crippen LogP contribution in [0, 0.1) is 11.8 Å². The second kappa shape index (κ2) is 4.06. The van der Waals surface area contributed by atoms with Gasteiger partial charge < -0.3 is 10.6 Å². The summed E-state index contributed by atoms with van der Waals surface area (Å²) in [6.07, 6.45) is 3.23. The fourth-order valence-electron chi connectivity index (χ4n) is 2.54. The molecule has 3 nitrogen and oxygen atoms in total. The van der Waals surface area contributed by atoms with E-state index in [1.165, 1.54) is 11.3 Å². The molecule has 2 unspecified atom stereocenters.